The Morgan fingerprint density at radius 1 is 1.56 bits per heavy atom. The molecule has 0 aromatic rings. The third-order valence-electron chi connectivity index (χ3n) is 1.15. The van der Waals surface area contributed by atoms with Gasteiger partial charge in [0.1, 0.15) is 0 Å². The Hall–Kier alpha value is -1.06. The fraction of sp³-hybridized carbons (Fsp3) is 0.400. The van der Waals surface area contributed by atoms with Crippen LogP contribution in [0, 0.1) is 7.05 Å². The van der Waals surface area contributed by atoms with E-state index in [1.54, 1.807) is 0 Å². The van der Waals surface area contributed by atoms with E-state index < -0.39 is 11.8 Å². The average Bonchev–Trinajstić information content (AvgIpc) is 1.83. The normalized spacial score (nSPS) is 19.9. The molecule has 9 heavy (non-hydrogen) atoms. The minimum atomic E-state index is -0.559. The molecule has 0 aromatic heterocycles. The molecule has 1 saturated heterocycles. The molecule has 1 aliphatic rings. The van der Waals surface area contributed by atoms with Gasteiger partial charge in [0.05, 0.1) is 0 Å². The summed E-state index contributed by atoms with van der Waals surface area (Å²) in [5.74, 6) is -1.11. The number of nitrogens with one attached hydrogen (secondary N) is 1. The van der Waals surface area contributed by atoms with Gasteiger partial charge in [0.2, 0.25) is 0 Å². The van der Waals surface area contributed by atoms with Crippen molar-refractivity contribution in [3.05, 3.63) is 7.05 Å². The van der Waals surface area contributed by atoms with Crippen LogP contribution < -0.4 is 5.32 Å². The van der Waals surface area contributed by atoms with Gasteiger partial charge >= 0.3 is 11.8 Å². The molecule has 0 saturated carbocycles. The Kier molecular flexibility index (Phi) is 1.38. The second-order valence-electron chi connectivity index (χ2n) is 1.82. The summed E-state index contributed by atoms with van der Waals surface area (Å²) in [7, 11) is 3.35. The lowest BCUT2D eigenvalue weighted by atomic mass is 10.4. The monoisotopic (exact) mass is 127 g/mol. The van der Waals surface area contributed by atoms with Crippen LogP contribution in [0.4, 0.5) is 0 Å². The summed E-state index contributed by atoms with van der Waals surface area (Å²) < 4.78 is 0. The van der Waals surface area contributed by atoms with Gasteiger partial charge in [-0.25, -0.2) is 0 Å². The fourth-order valence-electron chi connectivity index (χ4n) is 0.625. The molecule has 49 valence electrons. The van der Waals surface area contributed by atoms with Crippen molar-refractivity contribution in [3.63, 3.8) is 0 Å². The topological polar surface area (TPSA) is 49.4 Å². The molecule has 1 aliphatic heterocycles. The number of carbonyl (C=O) groups is 2. The number of piperazine rings is 1. The lowest BCUT2D eigenvalue weighted by Crippen LogP contribution is -2.49. The number of carbonyl (C=O) groups excluding carboxylic acids is 2. The summed E-state index contributed by atoms with van der Waals surface area (Å²) in [6.07, 6.45) is 0. The zero-order valence-corrected chi connectivity index (χ0v) is 4.89. The van der Waals surface area contributed by atoms with E-state index in [9.17, 15) is 9.59 Å². The molecule has 1 heterocycles. The molecule has 0 aliphatic carbocycles. The van der Waals surface area contributed by atoms with Crippen molar-refractivity contribution in [2.45, 2.75) is 0 Å². The van der Waals surface area contributed by atoms with Gasteiger partial charge in [-0.2, -0.15) is 0 Å². The van der Waals surface area contributed by atoms with E-state index in [0.29, 0.717) is 13.1 Å². The Balaban J connectivity index is 2.62. The van der Waals surface area contributed by atoms with Gasteiger partial charge in [0.25, 0.3) is 0 Å². The van der Waals surface area contributed by atoms with Crippen LogP contribution in [-0.2, 0) is 9.59 Å². The van der Waals surface area contributed by atoms with E-state index in [4.69, 9.17) is 0 Å². The molecule has 0 bridgehead atoms. The molecule has 1 fully saturated rings. The SMILES string of the molecule is [CH2]N1CCNC(=O)C1=O. The first kappa shape index (κ1) is 6.07. The Morgan fingerprint density at radius 3 is 2.67 bits per heavy atom. The maximum absolute atomic E-state index is 10.6. The fourth-order valence-corrected chi connectivity index (χ4v) is 0.625. The standard InChI is InChI=1S/C5H7N2O2/c1-7-3-2-6-4(8)5(7)9/h1-3H2,(H,6,8). The van der Waals surface area contributed by atoms with Gasteiger partial charge in [-0.1, -0.05) is 0 Å². The van der Waals surface area contributed by atoms with E-state index in [0.717, 1.165) is 4.90 Å². The molecule has 1 radical (unpaired) electrons. The van der Waals surface area contributed by atoms with E-state index in [1.165, 1.54) is 0 Å². The summed E-state index contributed by atoms with van der Waals surface area (Å²) >= 11 is 0. The largest absolute Gasteiger partial charge is 0.346 e. The number of amides is 2. The smallest absolute Gasteiger partial charge is 0.312 e. The predicted octanol–water partition coefficient (Wildman–Crippen LogP) is -1.26. The zero-order valence-electron chi connectivity index (χ0n) is 4.89. The van der Waals surface area contributed by atoms with Crippen LogP contribution in [0.25, 0.3) is 0 Å². The number of nitrogens with zero attached hydrogens (tertiary/aromatic N) is 1. The number of hydrogen-bond donors (Lipinski definition) is 1. The first-order chi connectivity index (χ1) is 4.22. The van der Waals surface area contributed by atoms with Crippen LogP contribution in [0.3, 0.4) is 0 Å². The highest BCUT2D eigenvalue weighted by atomic mass is 16.2. The van der Waals surface area contributed by atoms with E-state index in [-0.39, 0.29) is 0 Å². The van der Waals surface area contributed by atoms with Gasteiger partial charge < -0.3 is 10.2 Å². The number of hydrogen-bond acceptors (Lipinski definition) is 2. The number of rotatable bonds is 0. The van der Waals surface area contributed by atoms with Crippen molar-refractivity contribution < 1.29 is 9.59 Å². The van der Waals surface area contributed by atoms with E-state index in [1.807, 2.05) is 0 Å². The maximum Gasteiger partial charge on any atom is 0.312 e. The summed E-state index contributed by atoms with van der Waals surface area (Å²) in [5.41, 5.74) is 0. The van der Waals surface area contributed by atoms with Crippen molar-refractivity contribution in [2.75, 3.05) is 13.1 Å². The molecular formula is C5H7N2O2. The van der Waals surface area contributed by atoms with E-state index >= 15 is 0 Å². The molecule has 0 atom stereocenters. The van der Waals surface area contributed by atoms with Crippen LogP contribution in [0.2, 0.25) is 0 Å². The first-order valence-electron chi connectivity index (χ1n) is 2.62. The Bertz CT molecular complexity index is 155. The van der Waals surface area contributed by atoms with Crippen LogP contribution in [0.1, 0.15) is 0 Å². The maximum atomic E-state index is 10.6. The van der Waals surface area contributed by atoms with Gasteiger partial charge in [-0.3, -0.25) is 9.59 Å². The third-order valence-corrected chi connectivity index (χ3v) is 1.15. The Labute approximate surface area is 52.8 Å². The Morgan fingerprint density at radius 2 is 2.22 bits per heavy atom. The second-order valence-corrected chi connectivity index (χ2v) is 1.82. The zero-order chi connectivity index (χ0) is 6.85. The van der Waals surface area contributed by atoms with Crippen LogP contribution in [0.5, 0.6) is 0 Å². The third kappa shape index (κ3) is 1.01. The first-order valence-corrected chi connectivity index (χ1v) is 2.62. The quantitative estimate of drug-likeness (QED) is 0.413. The lowest BCUT2D eigenvalue weighted by Gasteiger charge is -2.20. The van der Waals surface area contributed by atoms with Crippen molar-refractivity contribution in [1.82, 2.24) is 10.2 Å². The lowest BCUT2D eigenvalue weighted by molar-refractivity contribution is -0.146. The summed E-state index contributed by atoms with van der Waals surface area (Å²) in [6.45, 7) is 1.01. The van der Waals surface area contributed by atoms with Crippen molar-refractivity contribution in [1.29, 1.82) is 0 Å². The molecule has 0 spiro atoms. The van der Waals surface area contributed by atoms with Crippen molar-refractivity contribution >= 4 is 11.8 Å². The minimum absolute atomic E-state index is 0.505. The molecule has 1 rings (SSSR count). The van der Waals surface area contributed by atoms with Gasteiger partial charge in [0.15, 0.2) is 0 Å². The molecular weight excluding hydrogens is 120 g/mol. The highest BCUT2D eigenvalue weighted by Crippen LogP contribution is 1.90. The summed E-state index contributed by atoms with van der Waals surface area (Å²) in [5, 5.41) is 2.39. The molecule has 1 N–H and O–H groups in total. The van der Waals surface area contributed by atoms with Crippen LogP contribution >= 0.6 is 0 Å². The summed E-state index contributed by atoms with van der Waals surface area (Å²) in [4.78, 5) is 22.2. The van der Waals surface area contributed by atoms with Crippen molar-refractivity contribution in [2.24, 2.45) is 0 Å². The van der Waals surface area contributed by atoms with E-state index in [2.05, 4.69) is 12.4 Å². The minimum Gasteiger partial charge on any atom is -0.346 e. The predicted molar refractivity (Wildman–Crippen MR) is 30.1 cm³/mol. The van der Waals surface area contributed by atoms with Crippen LogP contribution in [-0.4, -0.2) is 29.8 Å². The molecule has 4 nitrogen and oxygen atoms in total. The molecule has 2 amide bonds. The van der Waals surface area contributed by atoms with Gasteiger partial charge in [-0.05, 0) is 0 Å². The second kappa shape index (κ2) is 2.05. The van der Waals surface area contributed by atoms with Gasteiger partial charge in [0, 0.05) is 20.1 Å². The highest BCUT2D eigenvalue weighted by molar-refractivity contribution is 6.35. The summed E-state index contributed by atoms with van der Waals surface area (Å²) in [6, 6.07) is 0. The molecule has 0 aromatic carbocycles. The highest BCUT2D eigenvalue weighted by Gasteiger charge is 2.22. The van der Waals surface area contributed by atoms with Gasteiger partial charge in [-0.15, -0.1) is 0 Å². The molecule has 4 heteroatoms. The van der Waals surface area contributed by atoms with Crippen molar-refractivity contribution in [3.8, 4) is 0 Å². The molecule has 0 unspecified atom stereocenters. The average molecular weight is 127 g/mol. The van der Waals surface area contributed by atoms with Crippen LogP contribution in [0.15, 0.2) is 0 Å².